The summed E-state index contributed by atoms with van der Waals surface area (Å²) >= 11 is 0. The van der Waals surface area contributed by atoms with Gasteiger partial charge in [-0.25, -0.2) is 26.0 Å². The van der Waals surface area contributed by atoms with E-state index in [4.69, 9.17) is 0 Å². The van der Waals surface area contributed by atoms with E-state index >= 15 is 0 Å². The Morgan fingerprint density at radius 1 is 1.00 bits per heavy atom. The van der Waals surface area contributed by atoms with Crippen molar-refractivity contribution in [1.29, 1.82) is 0 Å². The van der Waals surface area contributed by atoms with Crippen LogP contribution in [0.2, 0.25) is 0 Å². The molecule has 2 aromatic rings. The number of hydrogen-bond acceptors (Lipinski definition) is 3. The summed E-state index contributed by atoms with van der Waals surface area (Å²) < 4.78 is 78.0. The number of carbonyl (C=O) groups is 1. The van der Waals surface area contributed by atoms with Crippen LogP contribution in [0, 0.1) is 23.3 Å². The highest BCUT2D eigenvalue weighted by Crippen LogP contribution is 2.22. The van der Waals surface area contributed by atoms with Crippen LogP contribution in [-0.4, -0.2) is 27.1 Å². The first-order valence-electron chi connectivity index (χ1n) is 7.76. The predicted molar refractivity (Wildman–Crippen MR) is 92.8 cm³/mol. The van der Waals surface area contributed by atoms with Gasteiger partial charge in [-0.05, 0) is 30.7 Å². The van der Waals surface area contributed by atoms with E-state index in [-0.39, 0.29) is 25.1 Å². The number of hydrogen-bond donors (Lipinski definition) is 1. The zero-order valence-corrected chi connectivity index (χ0v) is 15.0. The molecular formula is C17H16F4N2O3S. The Bertz CT molecular complexity index is 931. The van der Waals surface area contributed by atoms with E-state index in [1.165, 1.54) is 0 Å². The zero-order valence-electron chi connectivity index (χ0n) is 14.2. The quantitative estimate of drug-likeness (QED) is 0.719. The molecule has 2 rings (SSSR count). The summed E-state index contributed by atoms with van der Waals surface area (Å²) in [5, 5.41) is 2.08. The van der Waals surface area contributed by atoms with Crippen LogP contribution < -0.4 is 9.62 Å². The summed E-state index contributed by atoms with van der Waals surface area (Å²) in [4.78, 5) is 11.9. The van der Waals surface area contributed by atoms with Crippen molar-refractivity contribution in [3.63, 3.8) is 0 Å². The van der Waals surface area contributed by atoms with E-state index in [2.05, 4.69) is 5.32 Å². The van der Waals surface area contributed by atoms with Gasteiger partial charge in [0.2, 0.25) is 15.9 Å². The summed E-state index contributed by atoms with van der Waals surface area (Å²) in [5.74, 6) is -4.95. The summed E-state index contributed by atoms with van der Waals surface area (Å²) in [7, 11) is -3.83. The number of nitrogens with zero attached hydrogens (tertiary/aromatic N) is 1. The van der Waals surface area contributed by atoms with Crippen LogP contribution in [-0.2, 0) is 14.8 Å². The molecule has 0 aromatic heterocycles. The molecule has 0 spiro atoms. The highest BCUT2D eigenvalue weighted by molar-refractivity contribution is 7.92. The third kappa shape index (κ3) is 5.43. The molecule has 0 fully saturated rings. The lowest BCUT2D eigenvalue weighted by molar-refractivity contribution is -0.116. The van der Waals surface area contributed by atoms with Gasteiger partial charge in [0.05, 0.1) is 11.9 Å². The SMILES string of the molecule is CS(=O)(=O)N(CCCC(=O)Nc1c(F)cccc1F)c1ccc(F)c(F)c1. The monoisotopic (exact) mass is 404 g/mol. The van der Waals surface area contributed by atoms with Crippen LogP contribution in [0.5, 0.6) is 0 Å². The van der Waals surface area contributed by atoms with Crippen LogP contribution in [0.1, 0.15) is 12.8 Å². The van der Waals surface area contributed by atoms with Crippen molar-refractivity contribution in [3.05, 3.63) is 59.7 Å². The molecule has 0 aliphatic carbocycles. The van der Waals surface area contributed by atoms with Gasteiger partial charge in [0.15, 0.2) is 11.6 Å². The molecule has 0 atom stereocenters. The first-order chi connectivity index (χ1) is 12.6. The molecule has 0 aliphatic heterocycles. The number of benzene rings is 2. The minimum absolute atomic E-state index is 0.0199. The van der Waals surface area contributed by atoms with Crippen molar-refractivity contribution in [2.75, 3.05) is 22.4 Å². The summed E-state index contributed by atoms with van der Waals surface area (Å²) in [6.07, 6.45) is 0.612. The van der Waals surface area contributed by atoms with Crippen molar-refractivity contribution >= 4 is 27.3 Å². The fourth-order valence-corrected chi connectivity index (χ4v) is 3.29. The number of halogens is 4. The molecule has 1 amide bonds. The van der Waals surface area contributed by atoms with Gasteiger partial charge in [-0.2, -0.15) is 0 Å². The van der Waals surface area contributed by atoms with Crippen LogP contribution in [0.3, 0.4) is 0 Å². The van der Waals surface area contributed by atoms with Gasteiger partial charge in [-0.1, -0.05) is 6.07 Å². The first-order valence-corrected chi connectivity index (χ1v) is 9.61. The molecule has 27 heavy (non-hydrogen) atoms. The molecule has 0 unspecified atom stereocenters. The summed E-state index contributed by atoms with van der Waals surface area (Å²) in [6, 6.07) is 5.71. The summed E-state index contributed by atoms with van der Waals surface area (Å²) in [6.45, 7) is -0.211. The molecule has 0 saturated carbocycles. The molecule has 5 nitrogen and oxygen atoms in total. The van der Waals surface area contributed by atoms with Gasteiger partial charge in [0.1, 0.15) is 17.3 Å². The van der Waals surface area contributed by atoms with E-state index in [0.717, 1.165) is 47.0 Å². The van der Waals surface area contributed by atoms with Crippen molar-refractivity contribution < 1.29 is 30.8 Å². The Hall–Kier alpha value is -2.62. The molecule has 1 N–H and O–H groups in total. The number of carbonyl (C=O) groups excluding carboxylic acids is 1. The van der Waals surface area contributed by atoms with Gasteiger partial charge in [0.25, 0.3) is 0 Å². The second kappa shape index (κ2) is 8.38. The Morgan fingerprint density at radius 3 is 2.19 bits per heavy atom. The van der Waals surface area contributed by atoms with Crippen LogP contribution >= 0.6 is 0 Å². The molecular weight excluding hydrogens is 388 g/mol. The van der Waals surface area contributed by atoms with Crippen molar-refractivity contribution in [3.8, 4) is 0 Å². The van der Waals surface area contributed by atoms with E-state index in [9.17, 15) is 30.8 Å². The Morgan fingerprint density at radius 2 is 1.63 bits per heavy atom. The maximum Gasteiger partial charge on any atom is 0.232 e. The van der Waals surface area contributed by atoms with Gasteiger partial charge >= 0.3 is 0 Å². The number of amides is 1. The number of rotatable bonds is 7. The first kappa shape index (κ1) is 20.7. The zero-order chi connectivity index (χ0) is 20.2. The fraction of sp³-hybridized carbons (Fsp3) is 0.235. The molecule has 10 heteroatoms. The average molecular weight is 404 g/mol. The summed E-state index contributed by atoms with van der Waals surface area (Å²) in [5.41, 5.74) is -0.694. The minimum atomic E-state index is -3.83. The molecule has 0 bridgehead atoms. The second-order valence-corrected chi connectivity index (χ2v) is 7.59. The van der Waals surface area contributed by atoms with Crippen molar-refractivity contribution in [2.45, 2.75) is 12.8 Å². The highest BCUT2D eigenvalue weighted by atomic mass is 32.2. The molecule has 146 valence electrons. The number of nitrogens with one attached hydrogen (secondary N) is 1. The lowest BCUT2D eigenvalue weighted by Gasteiger charge is -2.22. The third-order valence-electron chi connectivity index (χ3n) is 3.58. The molecule has 0 saturated heterocycles. The van der Waals surface area contributed by atoms with E-state index < -0.39 is 44.9 Å². The Labute approximate surface area is 153 Å². The third-order valence-corrected chi connectivity index (χ3v) is 4.78. The average Bonchev–Trinajstić information content (AvgIpc) is 2.57. The molecule has 0 heterocycles. The maximum atomic E-state index is 13.5. The van der Waals surface area contributed by atoms with E-state index in [0.29, 0.717) is 0 Å². The standard InChI is InChI=1S/C17H16F4N2O3S/c1-27(25,26)23(11-7-8-12(18)15(21)10-11)9-3-6-16(24)22-17-13(19)4-2-5-14(17)20/h2,4-5,7-8,10H,3,6,9H2,1H3,(H,22,24). The van der Waals surface area contributed by atoms with Crippen LogP contribution in [0.4, 0.5) is 28.9 Å². The smallest absolute Gasteiger partial charge is 0.232 e. The number of anilines is 2. The maximum absolute atomic E-state index is 13.5. The van der Waals surface area contributed by atoms with Crippen LogP contribution in [0.25, 0.3) is 0 Å². The topological polar surface area (TPSA) is 66.5 Å². The van der Waals surface area contributed by atoms with Crippen molar-refractivity contribution in [2.24, 2.45) is 0 Å². The highest BCUT2D eigenvalue weighted by Gasteiger charge is 2.19. The van der Waals surface area contributed by atoms with Gasteiger partial charge < -0.3 is 5.32 Å². The molecule has 0 radical (unpaired) electrons. The fourth-order valence-electron chi connectivity index (χ4n) is 2.33. The Balaban J connectivity index is 2.03. The normalized spacial score (nSPS) is 11.3. The predicted octanol–water partition coefficient (Wildman–Crippen LogP) is 3.43. The number of para-hydroxylation sites is 1. The van der Waals surface area contributed by atoms with Crippen molar-refractivity contribution in [1.82, 2.24) is 0 Å². The van der Waals surface area contributed by atoms with E-state index in [1.807, 2.05) is 0 Å². The largest absolute Gasteiger partial charge is 0.321 e. The minimum Gasteiger partial charge on any atom is -0.321 e. The number of sulfonamides is 1. The van der Waals surface area contributed by atoms with Gasteiger partial charge in [-0.15, -0.1) is 0 Å². The van der Waals surface area contributed by atoms with E-state index in [1.54, 1.807) is 0 Å². The van der Waals surface area contributed by atoms with Gasteiger partial charge in [-0.3, -0.25) is 9.10 Å². The van der Waals surface area contributed by atoms with Gasteiger partial charge in [0, 0.05) is 19.0 Å². The lowest BCUT2D eigenvalue weighted by Crippen LogP contribution is -2.31. The Kier molecular flexibility index (Phi) is 6.42. The molecule has 0 aliphatic rings. The molecule has 2 aromatic carbocycles. The second-order valence-electron chi connectivity index (χ2n) is 5.68. The lowest BCUT2D eigenvalue weighted by atomic mass is 10.2. The van der Waals surface area contributed by atoms with Crippen LogP contribution in [0.15, 0.2) is 36.4 Å².